The number of rotatable bonds is 7. The number of hydrogen-bond donors (Lipinski definition) is 2. The van der Waals surface area contributed by atoms with E-state index in [9.17, 15) is 19.2 Å². The number of carbonyl (C=O) groups excluding carboxylic acids is 2. The van der Waals surface area contributed by atoms with Gasteiger partial charge in [0.1, 0.15) is 25.6 Å². The maximum absolute atomic E-state index is 10.8. The first-order chi connectivity index (χ1) is 7.81. The molecule has 0 aromatic heterocycles. The van der Waals surface area contributed by atoms with Gasteiger partial charge in [0, 0.05) is 0 Å². The van der Waals surface area contributed by atoms with Gasteiger partial charge >= 0.3 is 23.9 Å². The molecule has 17 heavy (non-hydrogen) atoms. The Morgan fingerprint density at radius 2 is 1.47 bits per heavy atom. The summed E-state index contributed by atoms with van der Waals surface area (Å²) in [5, 5.41) is 16.5. The number of carbonyl (C=O) groups is 4. The van der Waals surface area contributed by atoms with Gasteiger partial charge in [-0.3, -0.25) is 19.2 Å². The lowest BCUT2D eigenvalue weighted by atomic mass is 10.4. The molecule has 0 rings (SSSR count). The summed E-state index contributed by atoms with van der Waals surface area (Å²) in [7, 11) is 0. The molecular weight excluding hydrogens is 236 g/mol. The zero-order valence-electron chi connectivity index (χ0n) is 9.04. The molecule has 0 aromatic carbocycles. The van der Waals surface area contributed by atoms with Gasteiger partial charge in [0.05, 0.1) is 0 Å². The second-order valence-corrected chi connectivity index (χ2v) is 3.12. The number of ether oxygens (including phenoxy) is 2. The van der Waals surface area contributed by atoms with E-state index in [2.05, 4.69) is 9.47 Å². The predicted octanol–water partition coefficient (Wildman–Crippen LogP) is -0.589. The molecule has 0 aromatic rings. The molecule has 0 saturated carbocycles. The third kappa shape index (κ3) is 8.85. The van der Waals surface area contributed by atoms with Crippen molar-refractivity contribution in [1.29, 1.82) is 0 Å². The average Bonchev–Trinajstić information content (AvgIpc) is 2.12. The van der Waals surface area contributed by atoms with Gasteiger partial charge in [0.25, 0.3) is 0 Å². The van der Waals surface area contributed by atoms with Crippen molar-refractivity contribution in [3.63, 3.8) is 0 Å². The van der Waals surface area contributed by atoms with Gasteiger partial charge in [-0.2, -0.15) is 0 Å². The second kappa shape index (κ2) is 7.20. The van der Waals surface area contributed by atoms with Gasteiger partial charge in [-0.1, -0.05) is 0 Å². The molecule has 2 N–H and O–H groups in total. The molecule has 8 nitrogen and oxygen atoms in total. The lowest BCUT2D eigenvalue weighted by molar-refractivity contribution is -0.163. The molecule has 0 radical (unpaired) electrons. The summed E-state index contributed by atoms with van der Waals surface area (Å²) in [5.41, 5.74) is 0. The molecule has 0 amide bonds. The summed E-state index contributed by atoms with van der Waals surface area (Å²) in [6.07, 6.45) is -2.40. The predicted molar refractivity (Wildman–Crippen MR) is 51.0 cm³/mol. The fourth-order valence-corrected chi connectivity index (χ4v) is 0.808. The number of aliphatic carboxylic acids is 2. The van der Waals surface area contributed by atoms with Crippen LogP contribution in [0.1, 0.15) is 19.8 Å². The Balaban J connectivity index is 3.83. The molecule has 0 bridgehead atoms. The third-order valence-corrected chi connectivity index (χ3v) is 1.40. The number of carboxylic acids is 2. The minimum Gasteiger partial charge on any atom is -0.481 e. The fourth-order valence-electron chi connectivity index (χ4n) is 0.808. The van der Waals surface area contributed by atoms with Gasteiger partial charge < -0.3 is 19.7 Å². The molecule has 0 heterocycles. The summed E-state index contributed by atoms with van der Waals surface area (Å²) in [6, 6.07) is 0. The third-order valence-electron chi connectivity index (χ3n) is 1.40. The van der Waals surface area contributed by atoms with E-state index < -0.39 is 42.8 Å². The quantitative estimate of drug-likeness (QED) is 0.452. The van der Waals surface area contributed by atoms with Gasteiger partial charge in [0.2, 0.25) is 0 Å². The minimum atomic E-state index is -1.33. The summed E-state index contributed by atoms with van der Waals surface area (Å²) in [5.74, 6) is -4.58. The van der Waals surface area contributed by atoms with Crippen LogP contribution in [0.2, 0.25) is 0 Å². The first kappa shape index (κ1) is 14.9. The van der Waals surface area contributed by atoms with E-state index in [1.54, 1.807) is 0 Å². The van der Waals surface area contributed by atoms with Gasteiger partial charge in [-0.25, -0.2) is 0 Å². The summed E-state index contributed by atoms with van der Waals surface area (Å²) in [4.78, 5) is 41.9. The lowest BCUT2D eigenvalue weighted by Crippen LogP contribution is -2.24. The molecule has 1 atom stereocenters. The smallest absolute Gasteiger partial charge is 0.317 e. The van der Waals surface area contributed by atoms with Crippen molar-refractivity contribution in [2.45, 2.75) is 25.9 Å². The van der Waals surface area contributed by atoms with Crippen LogP contribution in [-0.4, -0.2) is 46.8 Å². The Labute approximate surface area is 96.1 Å². The molecular formula is C9H12O8. The van der Waals surface area contributed by atoms with Crippen molar-refractivity contribution in [2.75, 3.05) is 6.61 Å². The van der Waals surface area contributed by atoms with Gasteiger partial charge in [0.15, 0.2) is 0 Å². The summed E-state index contributed by atoms with van der Waals surface area (Å²) in [6.45, 7) is 1.06. The van der Waals surface area contributed by atoms with Crippen LogP contribution in [0.3, 0.4) is 0 Å². The van der Waals surface area contributed by atoms with Gasteiger partial charge in [-0.15, -0.1) is 0 Å². The minimum absolute atomic E-state index is 0.322. The van der Waals surface area contributed by atoms with E-state index in [1.807, 2.05) is 0 Å². The van der Waals surface area contributed by atoms with Crippen LogP contribution in [0.5, 0.6) is 0 Å². The van der Waals surface area contributed by atoms with Crippen LogP contribution >= 0.6 is 0 Å². The van der Waals surface area contributed by atoms with Crippen LogP contribution in [0.4, 0.5) is 0 Å². The molecule has 0 spiro atoms. The van der Waals surface area contributed by atoms with Crippen LogP contribution in [0.25, 0.3) is 0 Å². The summed E-state index contributed by atoms with van der Waals surface area (Å²) >= 11 is 0. The highest BCUT2D eigenvalue weighted by Gasteiger charge is 2.15. The molecule has 0 aliphatic rings. The monoisotopic (exact) mass is 248 g/mol. The van der Waals surface area contributed by atoms with Crippen LogP contribution in [0.15, 0.2) is 0 Å². The van der Waals surface area contributed by atoms with Gasteiger partial charge in [-0.05, 0) is 6.92 Å². The lowest BCUT2D eigenvalue weighted by Gasteiger charge is -2.12. The van der Waals surface area contributed by atoms with E-state index in [0.29, 0.717) is 0 Å². The van der Waals surface area contributed by atoms with Crippen molar-refractivity contribution in [3.05, 3.63) is 0 Å². The first-order valence-corrected chi connectivity index (χ1v) is 4.60. The van der Waals surface area contributed by atoms with E-state index in [0.717, 1.165) is 0 Å². The molecule has 96 valence electrons. The average molecular weight is 248 g/mol. The van der Waals surface area contributed by atoms with E-state index in [1.165, 1.54) is 6.92 Å². The standard InChI is InChI=1S/C9H12O8/c1-5(17-9(15)3-7(12)13)4-16-8(14)2-6(10)11/h5H,2-4H2,1H3,(H,10,11)(H,12,13). The Morgan fingerprint density at radius 1 is 1.00 bits per heavy atom. The Kier molecular flexibility index (Phi) is 6.30. The Hall–Kier alpha value is -2.12. The Bertz CT molecular complexity index is 321. The second-order valence-electron chi connectivity index (χ2n) is 3.12. The normalized spacial score (nSPS) is 11.4. The fraction of sp³-hybridized carbons (Fsp3) is 0.556. The number of esters is 2. The number of hydrogen-bond acceptors (Lipinski definition) is 6. The largest absolute Gasteiger partial charge is 0.481 e. The van der Waals surface area contributed by atoms with E-state index in [-0.39, 0.29) is 6.61 Å². The molecule has 0 aliphatic heterocycles. The highest BCUT2D eigenvalue weighted by Crippen LogP contribution is 1.97. The van der Waals surface area contributed by atoms with Crippen LogP contribution in [0, 0.1) is 0 Å². The van der Waals surface area contributed by atoms with Crippen molar-refractivity contribution in [3.8, 4) is 0 Å². The number of carboxylic acid groups (broad SMARTS) is 2. The molecule has 0 aliphatic carbocycles. The molecule has 8 heteroatoms. The van der Waals surface area contributed by atoms with E-state index in [4.69, 9.17) is 10.2 Å². The molecule has 1 unspecified atom stereocenters. The first-order valence-electron chi connectivity index (χ1n) is 4.60. The highest BCUT2D eigenvalue weighted by atomic mass is 16.6. The van der Waals surface area contributed by atoms with Crippen molar-refractivity contribution in [1.82, 2.24) is 0 Å². The van der Waals surface area contributed by atoms with E-state index >= 15 is 0 Å². The highest BCUT2D eigenvalue weighted by molar-refractivity contribution is 5.90. The van der Waals surface area contributed by atoms with Crippen molar-refractivity contribution >= 4 is 23.9 Å². The summed E-state index contributed by atoms with van der Waals surface area (Å²) < 4.78 is 9.05. The molecule has 0 fully saturated rings. The molecule has 0 saturated heterocycles. The van der Waals surface area contributed by atoms with Crippen molar-refractivity contribution < 1.29 is 38.9 Å². The zero-order chi connectivity index (χ0) is 13.4. The Morgan fingerprint density at radius 3 is 1.94 bits per heavy atom. The SMILES string of the molecule is CC(COC(=O)CC(=O)O)OC(=O)CC(=O)O. The van der Waals surface area contributed by atoms with Crippen LogP contribution < -0.4 is 0 Å². The maximum Gasteiger partial charge on any atom is 0.317 e. The zero-order valence-corrected chi connectivity index (χ0v) is 9.04. The van der Waals surface area contributed by atoms with Crippen LogP contribution in [-0.2, 0) is 28.7 Å². The van der Waals surface area contributed by atoms with Crippen molar-refractivity contribution in [2.24, 2.45) is 0 Å². The maximum atomic E-state index is 10.8. The topological polar surface area (TPSA) is 127 Å².